The number of ether oxygens (including phenoxy) is 2. The van der Waals surface area contributed by atoms with Crippen LogP contribution in [0.25, 0.3) is 11.1 Å². The summed E-state index contributed by atoms with van der Waals surface area (Å²) in [4.78, 5) is 12.7. The van der Waals surface area contributed by atoms with Gasteiger partial charge in [-0.15, -0.1) is 13.2 Å². The number of furan rings is 1. The molecule has 0 radical (unpaired) electrons. The number of benzene rings is 2. The highest BCUT2D eigenvalue weighted by Crippen LogP contribution is 2.44. The maximum absolute atomic E-state index is 14.2. The summed E-state index contributed by atoms with van der Waals surface area (Å²) in [6.45, 7) is 0.916. The number of aromatic hydroxyl groups is 1. The Morgan fingerprint density at radius 1 is 1.08 bits per heavy atom. The maximum atomic E-state index is 14.2. The van der Waals surface area contributed by atoms with Gasteiger partial charge in [-0.3, -0.25) is 4.79 Å². The first kappa shape index (κ1) is 26.8. The minimum Gasteiger partial charge on any atom is -0.502 e. The second-order valence-corrected chi connectivity index (χ2v) is 8.67. The van der Waals surface area contributed by atoms with Crippen LogP contribution >= 0.6 is 0 Å². The molecule has 1 N–H and O–H groups in total. The van der Waals surface area contributed by atoms with Crippen molar-refractivity contribution < 1.29 is 41.4 Å². The number of phenolic OH excluding ortho intramolecular Hbond substituents is 1. The number of alkyl halides is 3. The molecule has 1 aliphatic carbocycles. The van der Waals surface area contributed by atoms with Gasteiger partial charge in [0.25, 0.3) is 0 Å². The number of allylic oxidation sites excluding steroid dienone is 3. The molecule has 10 heteroatoms. The minimum absolute atomic E-state index is 0.0143. The molecule has 1 heterocycles. The van der Waals surface area contributed by atoms with E-state index in [1.54, 1.807) is 25.1 Å². The molecule has 38 heavy (non-hydrogen) atoms. The summed E-state index contributed by atoms with van der Waals surface area (Å²) in [6.07, 6.45) is -2.12. The Bertz CT molecular complexity index is 1380. The fourth-order valence-electron chi connectivity index (χ4n) is 4.47. The van der Waals surface area contributed by atoms with Gasteiger partial charge in [0.2, 0.25) is 11.7 Å². The number of carbonyl (C=O) groups excluding carboxylic acids is 1. The van der Waals surface area contributed by atoms with E-state index < -0.39 is 31.0 Å². The first-order valence-electron chi connectivity index (χ1n) is 11.6. The van der Waals surface area contributed by atoms with Crippen LogP contribution in [0.2, 0.25) is 0 Å². The summed E-state index contributed by atoms with van der Waals surface area (Å²) >= 11 is 0. The maximum Gasteiger partial charge on any atom is 0.487 e. The SMILES string of the molecule is COc1cc(C/C=C2/C(C)=C(CC(=O)N(Cc3ccco3)C(F)(F)F)c3cc(F)ccc32)cc(OC)c1O. The molecule has 0 saturated carbocycles. The lowest BCUT2D eigenvalue weighted by molar-refractivity contribution is -0.244. The van der Waals surface area contributed by atoms with E-state index in [0.717, 1.165) is 5.56 Å². The first-order valence-corrected chi connectivity index (χ1v) is 11.6. The van der Waals surface area contributed by atoms with Gasteiger partial charge >= 0.3 is 6.30 Å². The van der Waals surface area contributed by atoms with E-state index in [1.165, 1.54) is 44.7 Å². The number of halogens is 4. The van der Waals surface area contributed by atoms with Crippen LogP contribution in [0.15, 0.2) is 64.8 Å². The number of hydrogen-bond donors (Lipinski definition) is 1. The highest BCUT2D eigenvalue weighted by molar-refractivity contribution is 6.04. The van der Waals surface area contributed by atoms with Gasteiger partial charge in [0.15, 0.2) is 11.5 Å². The molecule has 3 aromatic rings. The molecule has 0 bridgehead atoms. The number of rotatable bonds is 8. The zero-order valence-corrected chi connectivity index (χ0v) is 20.9. The van der Waals surface area contributed by atoms with Crippen LogP contribution in [0.4, 0.5) is 17.6 Å². The van der Waals surface area contributed by atoms with Crippen LogP contribution in [0.3, 0.4) is 0 Å². The molecule has 0 spiro atoms. The first-order chi connectivity index (χ1) is 18.0. The van der Waals surface area contributed by atoms with E-state index in [-0.39, 0.29) is 27.9 Å². The molecular formula is C28H25F4NO5. The van der Waals surface area contributed by atoms with Gasteiger partial charge in [-0.25, -0.2) is 9.29 Å². The average Bonchev–Trinajstić information content (AvgIpc) is 3.47. The van der Waals surface area contributed by atoms with Crippen molar-refractivity contribution in [2.45, 2.75) is 32.6 Å². The van der Waals surface area contributed by atoms with E-state index in [0.29, 0.717) is 34.3 Å². The van der Waals surface area contributed by atoms with Crippen molar-refractivity contribution in [1.82, 2.24) is 4.90 Å². The molecule has 0 unspecified atom stereocenters. The zero-order chi connectivity index (χ0) is 27.6. The number of amides is 1. The largest absolute Gasteiger partial charge is 0.502 e. The van der Waals surface area contributed by atoms with Gasteiger partial charge in [-0.1, -0.05) is 12.1 Å². The Morgan fingerprint density at radius 3 is 2.34 bits per heavy atom. The van der Waals surface area contributed by atoms with Crippen molar-refractivity contribution in [2.24, 2.45) is 0 Å². The monoisotopic (exact) mass is 531 g/mol. The highest BCUT2D eigenvalue weighted by atomic mass is 19.4. The standard InChI is InChI=1S/C28H25F4NO5/c1-16-20(8-6-17-11-24(36-2)27(35)25(12-17)37-3)21-9-7-18(29)13-23(21)22(16)14-26(34)33(28(30,31)32)15-19-5-4-10-38-19/h4-5,7-13,35H,6,14-15H2,1-3H3/b20-8-. The number of nitrogens with zero attached hydrogens (tertiary/aromatic N) is 1. The van der Waals surface area contributed by atoms with Gasteiger partial charge in [0.05, 0.1) is 33.4 Å². The average molecular weight is 532 g/mol. The number of fused-ring (bicyclic) bond motifs is 1. The molecule has 1 aliphatic rings. The predicted octanol–water partition coefficient (Wildman–Crippen LogP) is 6.49. The molecule has 0 saturated heterocycles. The summed E-state index contributed by atoms with van der Waals surface area (Å²) in [5.41, 5.74) is 3.24. The van der Waals surface area contributed by atoms with E-state index in [1.807, 2.05) is 6.08 Å². The molecule has 2 aromatic carbocycles. The third kappa shape index (κ3) is 5.39. The van der Waals surface area contributed by atoms with Crippen molar-refractivity contribution >= 4 is 17.1 Å². The quantitative estimate of drug-likeness (QED) is 0.266. The summed E-state index contributed by atoms with van der Waals surface area (Å²) < 4.78 is 70.9. The van der Waals surface area contributed by atoms with Crippen molar-refractivity contribution in [1.29, 1.82) is 0 Å². The summed E-state index contributed by atoms with van der Waals surface area (Å²) in [7, 11) is 2.82. The number of phenols is 1. The Kier molecular flexibility index (Phi) is 7.52. The second-order valence-electron chi connectivity index (χ2n) is 8.67. The number of carbonyl (C=O) groups is 1. The van der Waals surface area contributed by atoms with E-state index in [4.69, 9.17) is 13.9 Å². The van der Waals surface area contributed by atoms with E-state index >= 15 is 0 Å². The van der Waals surface area contributed by atoms with Gasteiger partial charge in [-0.05, 0) is 83.2 Å². The Balaban J connectivity index is 1.69. The van der Waals surface area contributed by atoms with Crippen LogP contribution in [0.5, 0.6) is 17.2 Å². The van der Waals surface area contributed by atoms with E-state index in [9.17, 15) is 27.5 Å². The smallest absolute Gasteiger partial charge is 0.487 e. The number of methoxy groups -OCH3 is 2. The molecular weight excluding hydrogens is 506 g/mol. The van der Waals surface area contributed by atoms with Crippen molar-refractivity contribution in [3.63, 3.8) is 0 Å². The fraction of sp³-hybridized carbons (Fsp3) is 0.250. The molecule has 1 amide bonds. The van der Waals surface area contributed by atoms with Crippen LogP contribution in [-0.4, -0.2) is 36.4 Å². The van der Waals surface area contributed by atoms with Crippen LogP contribution in [-0.2, 0) is 17.8 Å². The minimum atomic E-state index is -4.93. The summed E-state index contributed by atoms with van der Waals surface area (Å²) in [5.74, 6) is -1.48. The van der Waals surface area contributed by atoms with Gasteiger partial charge in [0.1, 0.15) is 11.6 Å². The Labute approximate surface area is 216 Å². The molecule has 4 rings (SSSR count). The van der Waals surface area contributed by atoms with Gasteiger partial charge in [0, 0.05) is 0 Å². The third-order valence-corrected chi connectivity index (χ3v) is 6.36. The lowest BCUT2D eigenvalue weighted by Crippen LogP contribution is -2.42. The molecule has 1 aromatic heterocycles. The van der Waals surface area contributed by atoms with Crippen molar-refractivity contribution in [3.8, 4) is 17.2 Å². The molecule has 0 fully saturated rings. The topological polar surface area (TPSA) is 72.1 Å². The van der Waals surface area contributed by atoms with Crippen molar-refractivity contribution in [2.75, 3.05) is 14.2 Å². The lowest BCUT2D eigenvalue weighted by atomic mass is 10.00. The predicted molar refractivity (Wildman–Crippen MR) is 132 cm³/mol. The molecule has 0 atom stereocenters. The highest BCUT2D eigenvalue weighted by Gasteiger charge is 2.42. The molecule has 200 valence electrons. The van der Waals surface area contributed by atoms with Crippen molar-refractivity contribution in [3.05, 3.63) is 88.6 Å². The van der Waals surface area contributed by atoms with Crippen LogP contribution in [0.1, 0.15) is 35.8 Å². The number of hydrogen-bond acceptors (Lipinski definition) is 5. The lowest BCUT2D eigenvalue weighted by Gasteiger charge is -2.24. The van der Waals surface area contributed by atoms with E-state index in [2.05, 4.69) is 0 Å². The van der Waals surface area contributed by atoms with Gasteiger partial charge < -0.3 is 19.0 Å². The summed E-state index contributed by atoms with van der Waals surface area (Å²) in [6, 6.07) is 10.1. The Morgan fingerprint density at radius 2 is 1.76 bits per heavy atom. The van der Waals surface area contributed by atoms with Crippen LogP contribution in [0, 0.1) is 5.82 Å². The molecule has 6 nitrogen and oxygen atoms in total. The summed E-state index contributed by atoms with van der Waals surface area (Å²) in [5, 5.41) is 10.2. The zero-order valence-electron chi connectivity index (χ0n) is 20.9. The molecule has 0 aliphatic heterocycles. The second kappa shape index (κ2) is 10.6. The van der Waals surface area contributed by atoms with Gasteiger partial charge in [-0.2, -0.15) is 0 Å². The fourth-order valence-corrected chi connectivity index (χ4v) is 4.47. The Hall–Kier alpha value is -4.21. The van der Waals surface area contributed by atoms with Crippen LogP contribution < -0.4 is 9.47 Å². The third-order valence-electron chi connectivity index (χ3n) is 6.36. The normalized spacial score (nSPS) is 14.1.